The average Bonchev–Trinajstić information content (AvgIpc) is 2.49. The van der Waals surface area contributed by atoms with E-state index >= 15 is 0 Å². The molecule has 0 radical (unpaired) electrons. The van der Waals surface area contributed by atoms with Crippen LogP contribution in [0.5, 0.6) is 5.75 Å². The minimum Gasteiger partial charge on any atom is -0.494 e. The molecule has 0 saturated carbocycles. The van der Waals surface area contributed by atoms with Crippen LogP contribution in [0.3, 0.4) is 0 Å². The summed E-state index contributed by atoms with van der Waals surface area (Å²) < 4.78 is 5.77. The van der Waals surface area contributed by atoms with E-state index in [9.17, 15) is 4.79 Å². The van der Waals surface area contributed by atoms with E-state index in [0.717, 1.165) is 31.6 Å². The number of unbranched alkanes of at least 4 members (excludes halogenated alkanes) is 3. The van der Waals surface area contributed by atoms with Gasteiger partial charge in [0.25, 0.3) is 0 Å². The van der Waals surface area contributed by atoms with Crippen molar-refractivity contribution in [3.63, 3.8) is 0 Å². The second-order valence-corrected chi connectivity index (χ2v) is 5.82. The molecule has 1 rings (SSSR count). The first-order valence-electron chi connectivity index (χ1n) is 8.39. The van der Waals surface area contributed by atoms with Crippen LogP contribution < -0.4 is 4.74 Å². The SMILES string of the molecule is CCCCCCOc1ccc(C(CC)CCC(C)=O)cc1. The molecule has 0 amide bonds. The molecule has 1 unspecified atom stereocenters. The van der Waals surface area contributed by atoms with E-state index in [4.69, 9.17) is 4.74 Å². The highest BCUT2D eigenvalue weighted by atomic mass is 16.5. The molecule has 1 aromatic carbocycles. The first-order chi connectivity index (χ1) is 10.2. The van der Waals surface area contributed by atoms with Crippen molar-refractivity contribution in [3.05, 3.63) is 29.8 Å². The summed E-state index contributed by atoms with van der Waals surface area (Å²) in [5.74, 6) is 1.71. The Kier molecular flexibility index (Phi) is 8.80. The van der Waals surface area contributed by atoms with E-state index in [1.165, 1.54) is 24.8 Å². The van der Waals surface area contributed by atoms with Crippen molar-refractivity contribution in [1.29, 1.82) is 0 Å². The van der Waals surface area contributed by atoms with Crippen molar-refractivity contribution in [2.45, 2.75) is 71.6 Å². The first kappa shape index (κ1) is 17.7. The molecule has 0 N–H and O–H groups in total. The molecule has 0 aliphatic rings. The summed E-state index contributed by atoms with van der Waals surface area (Å²) in [6, 6.07) is 8.42. The van der Waals surface area contributed by atoms with E-state index in [1.807, 2.05) is 0 Å². The van der Waals surface area contributed by atoms with Crippen LogP contribution in [0.25, 0.3) is 0 Å². The molecule has 2 heteroatoms. The topological polar surface area (TPSA) is 26.3 Å². The van der Waals surface area contributed by atoms with Crippen LogP contribution in [-0.2, 0) is 4.79 Å². The van der Waals surface area contributed by atoms with E-state index in [0.29, 0.717) is 12.3 Å². The molecule has 21 heavy (non-hydrogen) atoms. The Bertz CT molecular complexity index is 395. The highest BCUT2D eigenvalue weighted by Crippen LogP contribution is 2.26. The lowest BCUT2D eigenvalue weighted by Crippen LogP contribution is -2.01. The molecule has 2 nitrogen and oxygen atoms in total. The predicted molar refractivity (Wildman–Crippen MR) is 89.0 cm³/mol. The normalized spacial score (nSPS) is 12.1. The fourth-order valence-corrected chi connectivity index (χ4v) is 2.54. The number of hydrogen-bond acceptors (Lipinski definition) is 2. The summed E-state index contributed by atoms with van der Waals surface area (Å²) in [4.78, 5) is 11.1. The predicted octanol–water partition coefficient (Wildman–Crippen LogP) is 5.51. The zero-order chi connectivity index (χ0) is 15.5. The van der Waals surface area contributed by atoms with Crippen LogP contribution in [0.2, 0.25) is 0 Å². The Morgan fingerprint density at radius 3 is 2.38 bits per heavy atom. The van der Waals surface area contributed by atoms with Gasteiger partial charge in [-0.15, -0.1) is 0 Å². The molecule has 1 atom stereocenters. The Morgan fingerprint density at radius 1 is 1.10 bits per heavy atom. The number of Topliss-reactive ketones (excluding diaryl/α,β-unsaturated/α-hetero) is 1. The van der Waals surface area contributed by atoms with Gasteiger partial charge in [0.1, 0.15) is 11.5 Å². The Balaban J connectivity index is 2.42. The van der Waals surface area contributed by atoms with Gasteiger partial charge >= 0.3 is 0 Å². The zero-order valence-corrected chi connectivity index (χ0v) is 13.9. The summed E-state index contributed by atoms with van der Waals surface area (Å²) in [5, 5.41) is 0. The lowest BCUT2D eigenvalue weighted by Gasteiger charge is -2.15. The van der Waals surface area contributed by atoms with Gasteiger partial charge in [-0.2, -0.15) is 0 Å². The van der Waals surface area contributed by atoms with Crippen molar-refractivity contribution in [3.8, 4) is 5.75 Å². The fourth-order valence-electron chi connectivity index (χ4n) is 2.54. The molecular formula is C19H30O2. The third-order valence-corrected chi connectivity index (χ3v) is 3.96. The smallest absolute Gasteiger partial charge is 0.129 e. The molecule has 0 bridgehead atoms. The number of ketones is 1. The van der Waals surface area contributed by atoms with E-state index < -0.39 is 0 Å². The molecule has 0 aliphatic carbocycles. The quantitative estimate of drug-likeness (QED) is 0.502. The molecule has 0 fully saturated rings. The highest BCUT2D eigenvalue weighted by Gasteiger charge is 2.10. The van der Waals surface area contributed by atoms with Crippen molar-refractivity contribution >= 4 is 5.78 Å². The lowest BCUT2D eigenvalue weighted by molar-refractivity contribution is -0.117. The van der Waals surface area contributed by atoms with E-state index in [-0.39, 0.29) is 5.78 Å². The van der Waals surface area contributed by atoms with Crippen molar-refractivity contribution in [2.75, 3.05) is 6.61 Å². The minimum atomic E-state index is 0.278. The maximum Gasteiger partial charge on any atom is 0.129 e. The summed E-state index contributed by atoms with van der Waals surface area (Å²) in [5.41, 5.74) is 1.32. The van der Waals surface area contributed by atoms with Gasteiger partial charge in [-0.1, -0.05) is 45.2 Å². The minimum absolute atomic E-state index is 0.278. The second kappa shape index (κ2) is 10.4. The number of rotatable bonds is 11. The van der Waals surface area contributed by atoms with Crippen LogP contribution in [-0.4, -0.2) is 12.4 Å². The second-order valence-electron chi connectivity index (χ2n) is 5.82. The van der Waals surface area contributed by atoms with Gasteiger partial charge in [0, 0.05) is 6.42 Å². The van der Waals surface area contributed by atoms with Gasteiger partial charge in [-0.05, 0) is 49.8 Å². The molecule has 0 aromatic heterocycles. The monoisotopic (exact) mass is 290 g/mol. The van der Waals surface area contributed by atoms with Crippen LogP contribution in [0, 0.1) is 0 Å². The van der Waals surface area contributed by atoms with Gasteiger partial charge in [-0.3, -0.25) is 0 Å². The summed E-state index contributed by atoms with van der Waals surface area (Å²) >= 11 is 0. The fraction of sp³-hybridized carbons (Fsp3) is 0.632. The largest absolute Gasteiger partial charge is 0.494 e. The zero-order valence-electron chi connectivity index (χ0n) is 13.9. The van der Waals surface area contributed by atoms with Gasteiger partial charge < -0.3 is 9.53 Å². The summed E-state index contributed by atoms with van der Waals surface area (Å²) in [6.45, 7) is 6.88. The van der Waals surface area contributed by atoms with Crippen molar-refractivity contribution in [2.24, 2.45) is 0 Å². The number of ether oxygens (including phenoxy) is 1. The maximum atomic E-state index is 11.1. The van der Waals surface area contributed by atoms with Gasteiger partial charge in [0.15, 0.2) is 0 Å². The van der Waals surface area contributed by atoms with Crippen LogP contribution >= 0.6 is 0 Å². The molecular weight excluding hydrogens is 260 g/mol. The summed E-state index contributed by atoms with van der Waals surface area (Å²) in [6.07, 6.45) is 7.62. The number of carbonyl (C=O) groups is 1. The van der Waals surface area contributed by atoms with Crippen LogP contribution in [0.15, 0.2) is 24.3 Å². The molecule has 0 spiro atoms. The van der Waals surface area contributed by atoms with Gasteiger partial charge in [0.2, 0.25) is 0 Å². The lowest BCUT2D eigenvalue weighted by atomic mass is 9.91. The van der Waals surface area contributed by atoms with Crippen molar-refractivity contribution < 1.29 is 9.53 Å². The maximum absolute atomic E-state index is 11.1. The van der Waals surface area contributed by atoms with E-state index in [1.54, 1.807) is 6.92 Å². The molecule has 118 valence electrons. The number of carbonyl (C=O) groups excluding carboxylic acids is 1. The Morgan fingerprint density at radius 2 is 1.81 bits per heavy atom. The Hall–Kier alpha value is -1.31. The standard InChI is InChI=1S/C19H30O2/c1-4-6-7-8-15-21-19-13-11-18(12-14-19)17(5-2)10-9-16(3)20/h11-14,17H,4-10,15H2,1-3H3. The summed E-state index contributed by atoms with van der Waals surface area (Å²) in [7, 11) is 0. The molecule has 0 heterocycles. The first-order valence-corrected chi connectivity index (χ1v) is 8.39. The van der Waals surface area contributed by atoms with E-state index in [2.05, 4.69) is 38.1 Å². The van der Waals surface area contributed by atoms with Crippen LogP contribution in [0.4, 0.5) is 0 Å². The number of hydrogen-bond donors (Lipinski definition) is 0. The highest BCUT2D eigenvalue weighted by molar-refractivity contribution is 5.75. The number of benzene rings is 1. The van der Waals surface area contributed by atoms with Gasteiger partial charge in [0.05, 0.1) is 6.61 Å². The van der Waals surface area contributed by atoms with Crippen molar-refractivity contribution in [1.82, 2.24) is 0 Å². The third-order valence-electron chi connectivity index (χ3n) is 3.96. The average molecular weight is 290 g/mol. The Labute approximate surface area is 129 Å². The third kappa shape index (κ3) is 7.31. The van der Waals surface area contributed by atoms with Crippen LogP contribution in [0.1, 0.15) is 77.2 Å². The molecule has 0 aliphatic heterocycles. The van der Waals surface area contributed by atoms with Gasteiger partial charge in [-0.25, -0.2) is 0 Å². The molecule has 1 aromatic rings. The molecule has 0 saturated heterocycles.